The lowest BCUT2D eigenvalue weighted by Crippen LogP contribution is -2.38. The molecule has 0 radical (unpaired) electrons. The third-order valence-corrected chi connectivity index (χ3v) is 6.80. The lowest BCUT2D eigenvalue weighted by molar-refractivity contribution is -0.140. The molecule has 3 aliphatic rings. The number of aryl methyl sites for hydroxylation is 1. The molecule has 10 heteroatoms. The van der Waals surface area contributed by atoms with Gasteiger partial charge in [-0.25, -0.2) is 4.98 Å². The molecule has 3 unspecified atom stereocenters. The van der Waals surface area contributed by atoms with Gasteiger partial charge in [-0.05, 0) is 49.7 Å². The van der Waals surface area contributed by atoms with Crippen LogP contribution in [0.2, 0.25) is 0 Å². The lowest BCUT2D eigenvalue weighted by atomic mass is 9.95. The summed E-state index contributed by atoms with van der Waals surface area (Å²) in [4.78, 5) is 15.4. The van der Waals surface area contributed by atoms with Gasteiger partial charge < -0.3 is 20.1 Å². The zero-order valence-electron chi connectivity index (χ0n) is 18.1. The molecule has 2 aromatic heterocycles. The average Bonchev–Trinajstić information content (AvgIpc) is 3.08. The number of pyridine rings is 1. The molecule has 3 atom stereocenters. The van der Waals surface area contributed by atoms with Crippen molar-refractivity contribution in [1.82, 2.24) is 15.0 Å². The standard InChI is InChI=1S/C22H26F3N5O2/c1-11-5-17(26)28-19(18(11)22(23,24)25)16-7-15-14(10-32-16)20(29-21(27-15)31-2)30-8-12-3-4-13(6-12)9-30/h5,12-13,16H,3-4,6-10H2,1-2H3,(H2,26,28). The summed E-state index contributed by atoms with van der Waals surface area (Å²) in [5, 5.41) is 0. The highest BCUT2D eigenvalue weighted by Gasteiger charge is 2.41. The van der Waals surface area contributed by atoms with E-state index in [-0.39, 0.29) is 36.1 Å². The minimum absolute atomic E-state index is 0.0270. The molecular weight excluding hydrogens is 423 g/mol. The Morgan fingerprint density at radius 1 is 1.16 bits per heavy atom. The smallest absolute Gasteiger partial charge is 0.418 e. The Morgan fingerprint density at radius 3 is 2.53 bits per heavy atom. The molecule has 1 saturated heterocycles. The van der Waals surface area contributed by atoms with E-state index in [4.69, 9.17) is 15.2 Å². The fourth-order valence-electron chi connectivity index (χ4n) is 5.46. The van der Waals surface area contributed by atoms with Gasteiger partial charge in [0, 0.05) is 25.1 Å². The quantitative estimate of drug-likeness (QED) is 0.762. The minimum Gasteiger partial charge on any atom is -0.467 e. The molecule has 5 rings (SSSR count). The SMILES string of the molecule is COc1nc2c(c(N3CC4CCC(C4)C3)n1)COC(c1nc(N)cc(C)c1C(F)(F)F)C2. The fourth-order valence-corrected chi connectivity index (χ4v) is 5.46. The Hall–Kier alpha value is -2.62. The first kappa shape index (κ1) is 21.2. The van der Waals surface area contributed by atoms with E-state index in [2.05, 4.69) is 19.9 Å². The topological polar surface area (TPSA) is 86.4 Å². The maximum Gasteiger partial charge on any atom is 0.418 e. The number of piperidine rings is 1. The molecule has 2 aliphatic heterocycles. The van der Waals surface area contributed by atoms with Gasteiger partial charge in [0.1, 0.15) is 17.7 Å². The molecule has 32 heavy (non-hydrogen) atoms. The van der Waals surface area contributed by atoms with Crippen LogP contribution in [0.1, 0.15) is 53.4 Å². The van der Waals surface area contributed by atoms with Gasteiger partial charge in [0.15, 0.2) is 0 Å². The van der Waals surface area contributed by atoms with Gasteiger partial charge in [0.05, 0.1) is 30.7 Å². The number of halogens is 3. The number of hydrogen-bond acceptors (Lipinski definition) is 7. The molecular formula is C22H26F3N5O2. The number of anilines is 2. The van der Waals surface area contributed by atoms with E-state index >= 15 is 0 Å². The van der Waals surface area contributed by atoms with Crippen molar-refractivity contribution >= 4 is 11.6 Å². The average molecular weight is 449 g/mol. The van der Waals surface area contributed by atoms with Crippen LogP contribution in [-0.4, -0.2) is 35.2 Å². The van der Waals surface area contributed by atoms with E-state index in [0.29, 0.717) is 17.5 Å². The van der Waals surface area contributed by atoms with Gasteiger partial charge >= 0.3 is 12.2 Å². The van der Waals surface area contributed by atoms with Crippen LogP contribution >= 0.6 is 0 Å². The normalized spacial score (nSPS) is 25.0. The van der Waals surface area contributed by atoms with E-state index in [9.17, 15) is 13.2 Å². The molecule has 2 bridgehead atoms. The number of aromatic nitrogens is 3. The van der Waals surface area contributed by atoms with Crippen LogP contribution in [0.3, 0.4) is 0 Å². The van der Waals surface area contributed by atoms with Crippen LogP contribution in [0.25, 0.3) is 0 Å². The van der Waals surface area contributed by atoms with Crippen molar-refractivity contribution in [3.05, 3.63) is 34.1 Å². The van der Waals surface area contributed by atoms with E-state index < -0.39 is 17.8 Å². The second-order valence-corrected chi connectivity index (χ2v) is 9.04. The summed E-state index contributed by atoms with van der Waals surface area (Å²) in [5.74, 6) is 2.10. The number of nitrogens with two attached hydrogens (primary N) is 1. The molecule has 7 nitrogen and oxygen atoms in total. The maximum absolute atomic E-state index is 13.8. The molecule has 4 heterocycles. The summed E-state index contributed by atoms with van der Waals surface area (Å²) in [6.45, 7) is 3.33. The number of methoxy groups -OCH3 is 1. The number of rotatable bonds is 3. The van der Waals surface area contributed by atoms with Gasteiger partial charge in [-0.2, -0.15) is 23.1 Å². The highest BCUT2D eigenvalue weighted by molar-refractivity contribution is 5.52. The first-order chi connectivity index (χ1) is 15.2. The number of nitrogen functional groups attached to an aromatic ring is 1. The third kappa shape index (κ3) is 3.74. The molecule has 2 fully saturated rings. The van der Waals surface area contributed by atoms with E-state index in [1.807, 2.05) is 0 Å². The summed E-state index contributed by atoms with van der Waals surface area (Å²) in [6.07, 6.45) is -1.63. The molecule has 2 aromatic rings. The highest BCUT2D eigenvalue weighted by atomic mass is 19.4. The van der Waals surface area contributed by atoms with Crippen LogP contribution in [0.15, 0.2) is 6.07 Å². The first-order valence-corrected chi connectivity index (χ1v) is 10.9. The summed E-state index contributed by atoms with van der Waals surface area (Å²) in [6, 6.07) is 1.45. The first-order valence-electron chi connectivity index (χ1n) is 10.9. The lowest BCUT2D eigenvalue weighted by Gasteiger charge is -2.36. The minimum atomic E-state index is -4.56. The second-order valence-electron chi connectivity index (χ2n) is 9.04. The van der Waals surface area contributed by atoms with Crippen LogP contribution < -0.4 is 15.4 Å². The van der Waals surface area contributed by atoms with E-state index in [0.717, 1.165) is 24.5 Å². The summed E-state index contributed by atoms with van der Waals surface area (Å²) < 4.78 is 52.7. The number of hydrogen-bond donors (Lipinski definition) is 1. The predicted molar refractivity (Wildman–Crippen MR) is 111 cm³/mol. The molecule has 0 spiro atoms. The highest BCUT2D eigenvalue weighted by Crippen LogP contribution is 2.43. The number of nitrogens with zero attached hydrogens (tertiary/aromatic N) is 4. The van der Waals surface area contributed by atoms with Gasteiger partial charge in [0.2, 0.25) is 0 Å². The van der Waals surface area contributed by atoms with Gasteiger partial charge in [-0.15, -0.1) is 0 Å². The van der Waals surface area contributed by atoms with Crippen LogP contribution in [0, 0.1) is 18.8 Å². The molecule has 172 valence electrons. The van der Waals surface area contributed by atoms with E-state index in [1.165, 1.54) is 39.4 Å². The zero-order chi connectivity index (χ0) is 22.6. The van der Waals surface area contributed by atoms with Crippen molar-refractivity contribution in [1.29, 1.82) is 0 Å². The Bertz CT molecular complexity index is 1030. The molecule has 1 saturated carbocycles. The predicted octanol–water partition coefficient (Wildman–Crippen LogP) is 3.84. The van der Waals surface area contributed by atoms with Crippen LogP contribution in [0.4, 0.5) is 24.8 Å². The number of fused-ring (bicyclic) bond motifs is 3. The van der Waals surface area contributed by atoms with Crippen molar-refractivity contribution in [2.45, 2.75) is 51.5 Å². The summed E-state index contributed by atoms with van der Waals surface area (Å²) in [5.41, 5.74) is 6.27. The second kappa shape index (κ2) is 7.75. The maximum atomic E-state index is 13.8. The molecule has 0 aromatic carbocycles. The van der Waals surface area contributed by atoms with Crippen molar-refractivity contribution in [2.75, 3.05) is 30.8 Å². The summed E-state index contributed by atoms with van der Waals surface area (Å²) >= 11 is 0. The Morgan fingerprint density at radius 2 is 1.88 bits per heavy atom. The van der Waals surface area contributed by atoms with Gasteiger partial charge in [0.25, 0.3) is 0 Å². The Kier molecular flexibility index (Phi) is 5.15. The third-order valence-electron chi connectivity index (χ3n) is 6.80. The Labute approximate surface area is 184 Å². The van der Waals surface area contributed by atoms with Crippen molar-refractivity contribution < 1.29 is 22.6 Å². The van der Waals surface area contributed by atoms with Crippen molar-refractivity contribution in [2.24, 2.45) is 11.8 Å². The molecule has 1 aliphatic carbocycles. The largest absolute Gasteiger partial charge is 0.467 e. The zero-order valence-corrected chi connectivity index (χ0v) is 18.1. The fraction of sp³-hybridized carbons (Fsp3) is 0.591. The monoisotopic (exact) mass is 449 g/mol. The van der Waals surface area contributed by atoms with Crippen molar-refractivity contribution in [3.63, 3.8) is 0 Å². The Balaban J connectivity index is 1.52. The van der Waals surface area contributed by atoms with E-state index in [1.54, 1.807) is 0 Å². The van der Waals surface area contributed by atoms with Crippen LogP contribution in [0.5, 0.6) is 6.01 Å². The van der Waals surface area contributed by atoms with Crippen LogP contribution in [-0.2, 0) is 23.9 Å². The molecule has 2 N–H and O–H groups in total. The van der Waals surface area contributed by atoms with Crippen molar-refractivity contribution in [3.8, 4) is 6.01 Å². The summed E-state index contributed by atoms with van der Waals surface area (Å²) in [7, 11) is 1.49. The number of ether oxygens (including phenoxy) is 2. The molecule has 0 amide bonds. The number of alkyl halides is 3. The van der Waals surface area contributed by atoms with Gasteiger partial charge in [-0.3, -0.25) is 0 Å². The van der Waals surface area contributed by atoms with Gasteiger partial charge in [-0.1, -0.05) is 0 Å².